The van der Waals surface area contributed by atoms with E-state index in [0.717, 1.165) is 44.0 Å². The van der Waals surface area contributed by atoms with Crippen molar-refractivity contribution in [1.82, 2.24) is 19.9 Å². The lowest BCUT2D eigenvalue weighted by Crippen LogP contribution is -2.50. The van der Waals surface area contributed by atoms with Gasteiger partial charge in [-0.25, -0.2) is 13.1 Å². The molecule has 0 saturated carbocycles. The summed E-state index contributed by atoms with van der Waals surface area (Å²) in [6, 6.07) is 18.7. The summed E-state index contributed by atoms with van der Waals surface area (Å²) in [6.07, 6.45) is 6.99. The van der Waals surface area contributed by atoms with Crippen molar-refractivity contribution in [1.29, 1.82) is 0 Å². The highest BCUT2D eigenvalue weighted by Gasteiger charge is 2.33. The van der Waals surface area contributed by atoms with Gasteiger partial charge in [-0.05, 0) is 68.7 Å². The van der Waals surface area contributed by atoms with E-state index < -0.39 is 10.0 Å². The molecule has 3 aromatic rings. The molecule has 1 aliphatic rings. The van der Waals surface area contributed by atoms with Crippen molar-refractivity contribution >= 4 is 26.8 Å². The molecular formula is C30H40N4O3S. The summed E-state index contributed by atoms with van der Waals surface area (Å²) in [6.45, 7) is 6.13. The van der Waals surface area contributed by atoms with E-state index in [9.17, 15) is 13.2 Å². The average molecular weight is 537 g/mol. The van der Waals surface area contributed by atoms with Gasteiger partial charge in [-0.1, -0.05) is 62.4 Å². The first-order valence-electron chi connectivity index (χ1n) is 13.8. The fourth-order valence-corrected chi connectivity index (χ4v) is 6.78. The number of hydrogen-bond donors (Lipinski definition) is 2. The van der Waals surface area contributed by atoms with Crippen LogP contribution < -0.4 is 10.0 Å². The van der Waals surface area contributed by atoms with Crippen molar-refractivity contribution < 1.29 is 13.2 Å². The molecular weight excluding hydrogens is 496 g/mol. The number of hydrogen-bond acceptors (Lipinski definition) is 5. The van der Waals surface area contributed by atoms with Crippen molar-refractivity contribution in [2.75, 3.05) is 19.6 Å². The monoisotopic (exact) mass is 536 g/mol. The molecule has 0 bridgehead atoms. The number of benzene rings is 2. The molecule has 8 heteroatoms. The number of rotatable bonds is 13. The smallest absolute Gasteiger partial charge is 0.243 e. The van der Waals surface area contributed by atoms with Crippen LogP contribution in [0.4, 0.5) is 0 Å². The van der Waals surface area contributed by atoms with E-state index in [2.05, 4.69) is 58.0 Å². The Hall–Kier alpha value is -2.81. The Kier molecular flexibility index (Phi) is 9.88. The van der Waals surface area contributed by atoms with Crippen LogP contribution in [0.5, 0.6) is 0 Å². The summed E-state index contributed by atoms with van der Waals surface area (Å²) in [7, 11) is -3.79. The molecule has 1 fully saturated rings. The van der Waals surface area contributed by atoms with Gasteiger partial charge < -0.3 is 5.32 Å². The Bertz CT molecular complexity index is 1290. The third kappa shape index (κ3) is 7.62. The number of unbranched alkanes of at least 4 members (excludes halogenated alkanes) is 1. The largest absolute Gasteiger partial charge is 0.355 e. The van der Waals surface area contributed by atoms with Gasteiger partial charge in [0.2, 0.25) is 15.9 Å². The molecule has 2 aromatic carbocycles. The fourth-order valence-electron chi connectivity index (χ4n) is 5.36. The Labute approximate surface area is 227 Å². The standard InChI is InChI=1S/C30H40N4O3S/c1-23(2)21-26(33-38(36,37)28-17-8-14-25-15-9-19-31-29(25)28)22-34-20-10-16-27(34)30(35)32-18-7-6-13-24-11-4-3-5-12-24/h3-5,8-9,11-12,14-15,17,19,23,26-27,33H,6-7,10,13,16,18,20-22H2,1-2H3,(H,32,35)/t26?,27-/m0/s1. The zero-order valence-electron chi connectivity index (χ0n) is 22.5. The van der Waals surface area contributed by atoms with Gasteiger partial charge in [-0.2, -0.15) is 0 Å². The number of pyridine rings is 1. The van der Waals surface area contributed by atoms with Crippen LogP contribution in [0.1, 0.15) is 51.5 Å². The molecule has 38 heavy (non-hydrogen) atoms. The maximum atomic E-state index is 13.5. The molecule has 1 aromatic heterocycles. The van der Waals surface area contributed by atoms with Crippen LogP contribution >= 0.6 is 0 Å². The third-order valence-electron chi connectivity index (χ3n) is 7.12. The number of para-hydroxylation sites is 1. The Morgan fingerprint density at radius 3 is 2.63 bits per heavy atom. The van der Waals surface area contributed by atoms with Crippen LogP contribution in [-0.2, 0) is 21.2 Å². The first-order valence-corrected chi connectivity index (χ1v) is 15.2. The van der Waals surface area contributed by atoms with Gasteiger partial charge in [-0.3, -0.25) is 14.7 Å². The topological polar surface area (TPSA) is 91.4 Å². The Morgan fingerprint density at radius 1 is 1.05 bits per heavy atom. The summed E-state index contributed by atoms with van der Waals surface area (Å²) in [5, 5.41) is 3.91. The summed E-state index contributed by atoms with van der Waals surface area (Å²) < 4.78 is 29.9. The molecule has 2 N–H and O–H groups in total. The van der Waals surface area contributed by atoms with Gasteiger partial charge in [0.1, 0.15) is 4.90 Å². The molecule has 0 radical (unpaired) electrons. The molecule has 1 amide bonds. The zero-order chi connectivity index (χ0) is 27.0. The number of likely N-dealkylation sites (tertiary alicyclic amines) is 1. The highest BCUT2D eigenvalue weighted by molar-refractivity contribution is 7.89. The molecule has 2 heterocycles. The van der Waals surface area contributed by atoms with Gasteiger partial charge in [0.25, 0.3) is 0 Å². The van der Waals surface area contributed by atoms with Crippen LogP contribution in [0.25, 0.3) is 10.9 Å². The number of fused-ring (bicyclic) bond motifs is 1. The third-order valence-corrected chi connectivity index (χ3v) is 8.67. The van der Waals surface area contributed by atoms with E-state index in [1.54, 1.807) is 24.4 Å². The van der Waals surface area contributed by atoms with Crippen molar-refractivity contribution in [3.63, 3.8) is 0 Å². The highest BCUT2D eigenvalue weighted by atomic mass is 32.2. The minimum absolute atomic E-state index is 0.0478. The van der Waals surface area contributed by atoms with Crippen LogP contribution in [0.2, 0.25) is 0 Å². The van der Waals surface area contributed by atoms with Crippen LogP contribution in [0.3, 0.4) is 0 Å². The van der Waals surface area contributed by atoms with Crippen LogP contribution in [-0.4, -0.2) is 55.9 Å². The number of carbonyl (C=O) groups excluding carboxylic acids is 1. The molecule has 1 saturated heterocycles. The number of sulfonamides is 1. The number of carbonyl (C=O) groups is 1. The van der Waals surface area contributed by atoms with E-state index >= 15 is 0 Å². The number of nitrogens with one attached hydrogen (secondary N) is 2. The molecule has 1 unspecified atom stereocenters. The lowest BCUT2D eigenvalue weighted by Gasteiger charge is -2.29. The van der Waals surface area contributed by atoms with Gasteiger partial charge in [0, 0.05) is 30.7 Å². The van der Waals surface area contributed by atoms with E-state index in [1.807, 2.05) is 18.2 Å². The predicted molar refractivity (Wildman–Crippen MR) is 152 cm³/mol. The molecule has 4 rings (SSSR count). The van der Waals surface area contributed by atoms with Crippen LogP contribution in [0, 0.1) is 5.92 Å². The fraction of sp³-hybridized carbons (Fsp3) is 0.467. The van der Waals surface area contributed by atoms with Crippen molar-refractivity contribution in [2.24, 2.45) is 5.92 Å². The van der Waals surface area contributed by atoms with Crippen LogP contribution in [0.15, 0.2) is 71.8 Å². The maximum absolute atomic E-state index is 13.5. The lowest BCUT2D eigenvalue weighted by molar-refractivity contribution is -0.125. The number of amides is 1. The quantitative estimate of drug-likeness (QED) is 0.313. The summed E-state index contributed by atoms with van der Waals surface area (Å²) in [5.41, 5.74) is 1.79. The van der Waals surface area contributed by atoms with Crippen molar-refractivity contribution in [3.05, 3.63) is 72.4 Å². The maximum Gasteiger partial charge on any atom is 0.243 e. The van der Waals surface area contributed by atoms with Crippen molar-refractivity contribution in [3.8, 4) is 0 Å². The minimum atomic E-state index is -3.79. The van der Waals surface area contributed by atoms with Gasteiger partial charge >= 0.3 is 0 Å². The number of aromatic nitrogens is 1. The second kappa shape index (κ2) is 13.3. The first kappa shape index (κ1) is 28.2. The van der Waals surface area contributed by atoms with Gasteiger partial charge in [0.05, 0.1) is 11.6 Å². The van der Waals surface area contributed by atoms with E-state index in [0.29, 0.717) is 30.9 Å². The molecule has 204 valence electrons. The van der Waals surface area contributed by atoms with E-state index in [-0.39, 0.29) is 22.9 Å². The second-order valence-electron chi connectivity index (χ2n) is 10.7. The lowest BCUT2D eigenvalue weighted by atomic mass is 10.0. The molecule has 0 aliphatic carbocycles. The highest BCUT2D eigenvalue weighted by Crippen LogP contribution is 2.23. The Balaban J connectivity index is 1.35. The number of nitrogens with zero attached hydrogens (tertiary/aromatic N) is 2. The molecule has 0 spiro atoms. The molecule has 7 nitrogen and oxygen atoms in total. The summed E-state index contributed by atoms with van der Waals surface area (Å²) in [4.78, 5) is 19.7. The normalized spacial score (nSPS) is 17.2. The molecule has 1 aliphatic heterocycles. The van der Waals surface area contributed by atoms with E-state index in [4.69, 9.17) is 0 Å². The Morgan fingerprint density at radius 2 is 1.84 bits per heavy atom. The zero-order valence-corrected chi connectivity index (χ0v) is 23.3. The molecule has 2 atom stereocenters. The summed E-state index contributed by atoms with van der Waals surface area (Å²) in [5.74, 6) is 0.347. The van der Waals surface area contributed by atoms with E-state index in [1.165, 1.54) is 5.56 Å². The average Bonchev–Trinajstić information content (AvgIpc) is 3.36. The predicted octanol–water partition coefficient (Wildman–Crippen LogP) is 4.53. The van der Waals surface area contributed by atoms with Gasteiger partial charge in [-0.15, -0.1) is 0 Å². The minimum Gasteiger partial charge on any atom is -0.355 e. The first-order chi connectivity index (χ1) is 18.3. The van der Waals surface area contributed by atoms with Crippen molar-refractivity contribution in [2.45, 2.75) is 69.4 Å². The summed E-state index contributed by atoms with van der Waals surface area (Å²) >= 11 is 0. The number of aryl methyl sites for hydroxylation is 1. The van der Waals surface area contributed by atoms with Gasteiger partial charge in [0.15, 0.2) is 0 Å². The SMILES string of the molecule is CC(C)CC(CN1CCC[C@H]1C(=O)NCCCCc1ccccc1)NS(=O)(=O)c1cccc2cccnc12. The second-order valence-corrected chi connectivity index (χ2v) is 12.3.